The van der Waals surface area contributed by atoms with E-state index in [4.69, 9.17) is 0 Å². The van der Waals surface area contributed by atoms with Gasteiger partial charge in [-0.15, -0.1) is 0 Å². The minimum absolute atomic E-state index is 0.119. The van der Waals surface area contributed by atoms with Crippen LogP contribution in [0, 0.1) is 5.92 Å². The summed E-state index contributed by atoms with van der Waals surface area (Å²) in [7, 11) is 3.98. The first-order valence-electron chi connectivity index (χ1n) is 6.55. The number of likely N-dealkylation sites (N-methyl/N-ethyl adjacent to an activating group) is 1. The van der Waals surface area contributed by atoms with Crippen molar-refractivity contribution < 1.29 is 9.90 Å². The van der Waals surface area contributed by atoms with E-state index in [0.717, 1.165) is 5.56 Å². The van der Waals surface area contributed by atoms with Gasteiger partial charge in [0, 0.05) is 44.0 Å². The molecule has 2 atom stereocenters. The SMILES string of the molecule is CN(C)C1CN(C(=O)Cc2ccncc2)CC1CO. The Balaban J connectivity index is 1.98. The Labute approximate surface area is 113 Å². The van der Waals surface area contributed by atoms with Crippen molar-refractivity contribution in [2.45, 2.75) is 12.5 Å². The van der Waals surface area contributed by atoms with Crippen LogP contribution in [0.15, 0.2) is 24.5 Å². The minimum Gasteiger partial charge on any atom is -0.396 e. The predicted octanol–water partition coefficient (Wildman–Crippen LogP) is 0.00500. The van der Waals surface area contributed by atoms with E-state index >= 15 is 0 Å². The highest BCUT2D eigenvalue weighted by Gasteiger charge is 2.35. The second kappa shape index (κ2) is 6.12. The Hall–Kier alpha value is -1.46. The highest BCUT2D eigenvalue weighted by molar-refractivity contribution is 5.79. The van der Waals surface area contributed by atoms with Crippen molar-refractivity contribution in [1.82, 2.24) is 14.8 Å². The van der Waals surface area contributed by atoms with Crippen LogP contribution in [-0.4, -0.2) is 65.6 Å². The van der Waals surface area contributed by atoms with Gasteiger partial charge in [0.05, 0.1) is 6.42 Å². The van der Waals surface area contributed by atoms with Gasteiger partial charge in [-0.05, 0) is 31.8 Å². The van der Waals surface area contributed by atoms with Gasteiger partial charge in [-0.25, -0.2) is 0 Å². The second-order valence-electron chi connectivity index (χ2n) is 5.30. The van der Waals surface area contributed by atoms with Gasteiger partial charge >= 0.3 is 0 Å². The molecule has 0 spiro atoms. The molecule has 1 aliphatic rings. The van der Waals surface area contributed by atoms with Crippen LogP contribution in [-0.2, 0) is 11.2 Å². The number of aliphatic hydroxyl groups is 1. The molecule has 5 nitrogen and oxygen atoms in total. The van der Waals surface area contributed by atoms with Crippen LogP contribution in [0.1, 0.15) is 5.56 Å². The van der Waals surface area contributed by atoms with Crippen molar-refractivity contribution in [3.8, 4) is 0 Å². The number of carbonyl (C=O) groups is 1. The smallest absolute Gasteiger partial charge is 0.227 e. The normalized spacial score (nSPS) is 23.1. The second-order valence-corrected chi connectivity index (χ2v) is 5.30. The molecule has 0 radical (unpaired) electrons. The standard InChI is InChI=1S/C14H21N3O2/c1-16(2)13-9-17(8-12(13)10-18)14(19)7-11-3-5-15-6-4-11/h3-6,12-13,18H,7-10H2,1-2H3. The zero-order chi connectivity index (χ0) is 13.8. The fraction of sp³-hybridized carbons (Fsp3) is 0.571. The third kappa shape index (κ3) is 3.30. The van der Waals surface area contributed by atoms with E-state index in [9.17, 15) is 9.90 Å². The molecule has 0 aromatic carbocycles. The summed E-state index contributed by atoms with van der Waals surface area (Å²) in [6.45, 7) is 1.47. The van der Waals surface area contributed by atoms with Crippen molar-refractivity contribution >= 4 is 5.91 Å². The molecule has 2 unspecified atom stereocenters. The van der Waals surface area contributed by atoms with Crippen LogP contribution in [0.25, 0.3) is 0 Å². The van der Waals surface area contributed by atoms with Gasteiger partial charge < -0.3 is 14.9 Å². The first-order chi connectivity index (χ1) is 9.11. The highest BCUT2D eigenvalue weighted by atomic mass is 16.3. The number of hydrogen-bond donors (Lipinski definition) is 1. The molecule has 5 heteroatoms. The van der Waals surface area contributed by atoms with Gasteiger partial charge in [0.2, 0.25) is 5.91 Å². The van der Waals surface area contributed by atoms with Crippen molar-refractivity contribution in [1.29, 1.82) is 0 Å². The van der Waals surface area contributed by atoms with Gasteiger partial charge in [0.15, 0.2) is 0 Å². The zero-order valence-electron chi connectivity index (χ0n) is 11.5. The Bertz CT molecular complexity index is 422. The van der Waals surface area contributed by atoms with Gasteiger partial charge in [-0.3, -0.25) is 9.78 Å². The third-order valence-corrected chi connectivity index (χ3v) is 3.76. The van der Waals surface area contributed by atoms with E-state index in [0.29, 0.717) is 19.5 Å². The average Bonchev–Trinajstić information content (AvgIpc) is 2.84. The lowest BCUT2D eigenvalue weighted by Gasteiger charge is -2.23. The van der Waals surface area contributed by atoms with Gasteiger partial charge in [-0.1, -0.05) is 0 Å². The molecule has 1 fully saturated rings. The van der Waals surface area contributed by atoms with E-state index in [1.165, 1.54) is 0 Å². The molecule has 0 saturated carbocycles. The summed E-state index contributed by atoms with van der Waals surface area (Å²) in [5.74, 6) is 0.269. The minimum atomic E-state index is 0.119. The van der Waals surface area contributed by atoms with Crippen LogP contribution in [0.5, 0.6) is 0 Å². The van der Waals surface area contributed by atoms with E-state index in [2.05, 4.69) is 9.88 Å². The van der Waals surface area contributed by atoms with Crippen LogP contribution in [0.4, 0.5) is 0 Å². The molecule has 1 amide bonds. The molecule has 2 heterocycles. The molecule has 1 saturated heterocycles. The number of aromatic nitrogens is 1. The number of amides is 1. The molecule has 2 rings (SSSR count). The number of pyridine rings is 1. The van der Waals surface area contributed by atoms with Crippen molar-refractivity contribution in [2.75, 3.05) is 33.8 Å². The maximum Gasteiger partial charge on any atom is 0.227 e. The van der Waals surface area contributed by atoms with E-state index < -0.39 is 0 Å². The van der Waals surface area contributed by atoms with Gasteiger partial charge in [-0.2, -0.15) is 0 Å². The lowest BCUT2D eigenvalue weighted by Crippen LogP contribution is -2.37. The first kappa shape index (κ1) is 14.0. The first-order valence-corrected chi connectivity index (χ1v) is 6.55. The Morgan fingerprint density at radius 2 is 2.11 bits per heavy atom. The van der Waals surface area contributed by atoms with Gasteiger partial charge in [0.1, 0.15) is 0 Å². The molecule has 1 aliphatic heterocycles. The largest absolute Gasteiger partial charge is 0.396 e. The van der Waals surface area contributed by atoms with Crippen LogP contribution >= 0.6 is 0 Å². The van der Waals surface area contributed by atoms with E-state index in [1.54, 1.807) is 12.4 Å². The molecule has 0 aliphatic carbocycles. The lowest BCUT2D eigenvalue weighted by atomic mass is 10.0. The average molecular weight is 263 g/mol. The number of hydrogen-bond acceptors (Lipinski definition) is 4. The summed E-state index contributed by atoms with van der Waals surface area (Å²) in [4.78, 5) is 20.1. The van der Waals surface area contributed by atoms with E-state index in [-0.39, 0.29) is 24.5 Å². The monoisotopic (exact) mass is 263 g/mol. The zero-order valence-corrected chi connectivity index (χ0v) is 11.5. The van der Waals surface area contributed by atoms with Crippen LogP contribution in [0.2, 0.25) is 0 Å². The molecule has 0 bridgehead atoms. The maximum atomic E-state index is 12.2. The number of nitrogens with zero attached hydrogens (tertiary/aromatic N) is 3. The summed E-state index contributed by atoms with van der Waals surface area (Å²) in [5, 5.41) is 9.40. The van der Waals surface area contributed by atoms with Crippen molar-refractivity contribution in [3.05, 3.63) is 30.1 Å². The quantitative estimate of drug-likeness (QED) is 0.831. The summed E-state index contributed by atoms with van der Waals surface area (Å²) in [6, 6.07) is 3.97. The highest BCUT2D eigenvalue weighted by Crippen LogP contribution is 2.21. The lowest BCUT2D eigenvalue weighted by molar-refractivity contribution is -0.129. The number of rotatable bonds is 4. The van der Waals surface area contributed by atoms with E-state index in [1.807, 2.05) is 31.1 Å². The molecule has 1 aromatic heterocycles. The number of carbonyl (C=O) groups excluding carboxylic acids is 1. The van der Waals surface area contributed by atoms with Crippen LogP contribution in [0.3, 0.4) is 0 Å². The molecule has 1 N–H and O–H groups in total. The summed E-state index contributed by atoms with van der Waals surface area (Å²) >= 11 is 0. The number of likely N-dealkylation sites (tertiary alicyclic amines) is 1. The molecule has 104 valence electrons. The topological polar surface area (TPSA) is 56.7 Å². The van der Waals surface area contributed by atoms with Crippen molar-refractivity contribution in [3.63, 3.8) is 0 Å². The summed E-state index contributed by atoms with van der Waals surface area (Å²) < 4.78 is 0. The molecular formula is C14H21N3O2. The van der Waals surface area contributed by atoms with Crippen LogP contribution < -0.4 is 0 Å². The maximum absolute atomic E-state index is 12.2. The number of aliphatic hydroxyl groups excluding tert-OH is 1. The van der Waals surface area contributed by atoms with Crippen molar-refractivity contribution in [2.24, 2.45) is 5.92 Å². The Morgan fingerprint density at radius 3 is 2.63 bits per heavy atom. The molecular weight excluding hydrogens is 242 g/mol. The summed E-state index contributed by atoms with van der Waals surface area (Å²) in [6.07, 6.45) is 3.80. The molecule has 1 aromatic rings. The predicted molar refractivity (Wildman–Crippen MR) is 72.6 cm³/mol. The fourth-order valence-electron chi connectivity index (χ4n) is 2.61. The fourth-order valence-corrected chi connectivity index (χ4v) is 2.61. The Morgan fingerprint density at radius 1 is 1.42 bits per heavy atom. The Kier molecular flexibility index (Phi) is 4.50. The molecule has 19 heavy (non-hydrogen) atoms. The summed E-state index contributed by atoms with van der Waals surface area (Å²) in [5.41, 5.74) is 0.980. The van der Waals surface area contributed by atoms with Gasteiger partial charge in [0.25, 0.3) is 0 Å². The third-order valence-electron chi connectivity index (χ3n) is 3.76.